The lowest BCUT2D eigenvalue weighted by Crippen LogP contribution is -2.59. The first-order valence-corrected chi connectivity index (χ1v) is 15.7. The Kier molecular flexibility index (Phi) is 6.57. The first-order valence-electron chi connectivity index (χ1n) is 12.7. The van der Waals surface area contributed by atoms with Crippen molar-refractivity contribution in [3.05, 3.63) is 41.6 Å². The third kappa shape index (κ3) is 5.22. The molecule has 5 N–H and O–H groups in total. The Labute approximate surface area is 237 Å². The third-order valence-corrected chi connectivity index (χ3v) is 10.4. The number of halogens is 4. The molecule has 0 radical (unpaired) electrons. The molecule has 0 unspecified atom stereocenters. The first-order chi connectivity index (χ1) is 18.4. The maximum absolute atomic E-state index is 14.2. The molecule has 2 heterocycles. The van der Waals surface area contributed by atoms with E-state index >= 15 is 0 Å². The van der Waals surface area contributed by atoms with Gasteiger partial charge in [-0.25, -0.2) is 23.2 Å². The molecule has 4 aliphatic rings. The number of aromatic nitrogens is 4. The Bertz CT molecular complexity index is 1470. The van der Waals surface area contributed by atoms with Crippen molar-refractivity contribution in [2.75, 3.05) is 11.1 Å². The second-order valence-corrected chi connectivity index (χ2v) is 13.4. The van der Waals surface area contributed by atoms with Crippen LogP contribution in [0.5, 0.6) is 0 Å². The molecule has 14 heteroatoms. The molecule has 1 aromatic carbocycles. The number of hydrogen-bond acceptors (Lipinski definition) is 7. The Balaban J connectivity index is 1.31. The molecule has 4 bridgehead atoms. The smallest absolute Gasteiger partial charge is 0.368 e. The number of alkyl halides is 4. The lowest BCUT2D eigenvalue weighted by atomic mass is 9.53. The van der Waals surface area contributed by atoms with Crippen LogP contribution in [0.1, 0.15) is 49.7 Å². The van der Waals surface area contributed by atoms with Gasteiger partial charge in [0.05, 0.1) is 5.56 Å². The highest BCUT2D eigenvalue weighted by Gasteiger charge is 2.52. The maximum Gasteiger partial charge on any atom is 0.417 e. The lowest BCUT2D eigenvalue weighted by molar-refractivity contribution is -0.137. The minimum atomic E-state index is -4.68. The van der Waals surface area contributed by atoms with Crippen LogP contribution in [0, 0.1) is 17.8 Å². The number of pyridine rings is 1. The normalized spacial score (nSPS) is 26.2. The molecular formula is C25H27F3IN7O2S. The quantitative estimate of drug-likeness (QED) is 0.195. The van der Waals surface area contributed by atoms with Gasteiger partial charge in [-0.05, 0) is 91.7 Å². The van der Waals surface area contributed by atoms with Crippen LogP contribution in [-0.2, 0) is 20.6 Å². The summed E-state index contributed by atoms with van der Waals surface area (Å²) in [6.07, 6.45) is 2.56. The Morgan fingerprint density at radius 3 is 2.28 bits per heavy atom. The molecule has 2 aromatic heterocycles. The van der Waals surface area contributed by atoms with E-state index in [2.05, 4.69) is 30.2 Å². The van der Waals surface area contributed by atoms with E-state index in [1.165, 1.54) is 37.6 Å². The van der Waals surface area contributed by atoms with Crippen LogP contribution in [0.4, 0.5) is 30.8 Å². The van der Waals surface area contributed by atoms with Gasteiger partial charge in [-0.15, -0.1) is 5.10 Å². The molecule has 39 heavy (non-hydrogen) atoms. The Morgan fingerprint density at radius 2 is 1.77 bits per heavy atom. The number of nitrogens with zero attached hydrogens (tertiary/aromatic N) is 3. The average Bonchev–Trinajstić information content (AvgIpc) is 3.25. The van der Waals surface area contributed by atoms with Crippen LogP contribution in [0.2, 0.25) is 0 Å². The highest BCUT2D eigenvalue weighted by atomic mass is 127. The fraction of sp³-hybridized carbons (Fsp3) is 0.480. The molecule has 4 saturated carbocycles. The number of hydrogen-bond donors (Lipinski definition) is 4. The molecule has 208 valence electrons. The number of nitrogens with one attached hydrogen (secondary N) is 3. The number of H-pyrrole nitrogens is 1. The van der Waals surface area contributed by atoms with E-state index in [1.807, 2.05) is 22.6 Å². The Hall–Kier alpha value is -2.46. The van der Waals surface area contributed by atoms with Crippen molar-refractivity contribution in [1.29, 1.82) is 0 Å². The van der Waals surface area contributed by atoms with E-state index in [1.54, 1.807) is 6.07 Å². The predicted octanol–water partition coefficient (Wildman–Crippen LogP) is 5.39. The van der Waals surface area contributed by atoms with Crippen molar-refractivity contribution < 1.29 is 21.6 Å². The van der Waals surface area contributed by atoms with Crippen molar-refractivity contribution >= 4 is 50.2 Å². The standard InChI is InChI=1S/C25H27F3IN7O2S/c26-25(27,28)19-7-18(32-23-33-22(30)34-35-23)6-17(11-29)21(19)16-1-2-20(31-12-16)39(37,38)36-24-8-13-3-14(9-24)5-15(4-13)10-24/h1-2,6-7,12-15,36H,3-5,8-11H2,(H4,30,32,33,34,35). The molecule has 0 amide bonds. The Morgan fingerprint density at radius 1 is 1.10 bits per heavy atom. The molecule has 4 aliphatic carbocycles. The first kappa shape index (κ1) is 26.7. The fourth-order valence-electron chi connectivity index (χ4n) is 7.16. The number of aromatic amines is 1. The van der Waals surface area contributed by atoms with E-state index in [4.69, 9.17) is 5.73 Å². The van der Waals surface area contributed by atoms with Crippen LogP contribution in [0.15, 0.2) is 35.5 Å². The molecule has 0 atom stereocenters. The van der Waals surface area contributed by atoms with Gasteiger partial charge in [-0.3, -0.25) is 0 Å². The summed E-state index contributed by atoms with van der Waals surface area (Å²) < 4.78 is 72.6. The van der Waals surface area contributed by atoms with Crippen molar-refractivity contribution in [2.45, 2.75) is 59.7 Å². The molecular weight excluding hydrogens is 646 g/mol. The summed E-state index contributed by atoms with van der Waals surface area (Å²) in [6.45, 7) is 0. The van der Waals surface area contributed by atoms with Crippen molar-refractivity contribution in [2.24, 2.45) is 17.8 Å². The van der Waals surface area contributed by atoms with E-state index in [9.17, 15) is 21.6 Å². The van der Waals surface area contributed by atoms with Gasteiger partial charge in [0.2, 0.25) is 11.9 Å². The summed E-state index contributed by atoms with van der Waals surface area (Å²) in [5.41, 5.74) is 4.84. The minimum absolute atomic E-state index is 0.0260. The second kappa shape index (κ2) is 9.58. The number of rotatable bonds is 7. The van der Waals surface area contributed by atoms with E-state index < -0.39 is 27.3 Å². The van der Waals surface area contributed by atoms with Gasteiger partial charge in [-0.1, -0.05) is 22.6 Å². The topological polar surface area (TPSA) is 139 Å². The van der Waals surface area contributed by atoms with Crippen molar-refractivity contribution in [3.63, 3.8) is 0 Å². The molecule has 3 aromatic rings. The summed E-state index contributed by atoms with van der Waals surface area (Å²) in [6, 6.07) is 5.22. The monoisotopic (exact) mass is 673 g/mol. The molecule has 7 rings (SSSR count). The molecule has 0 aliphatic heterocycles. The van der Waals surface area contributed by atoms with Crippen molar-refractivity contribution in [1.82, 2.24) is 24.9 Å². The van der Waals surface area contributed by atoms with Crippen LogP contribution in [-0.4, -0.2) is 34.1 Å². The van der Waals surface area contributed by atoms with Crippen LogP contribution < -0.4 is 15.8 Å². The summed E-state index contributed by atoms with van der Waals surface area (Å²) in [5, 5.41) is 8.79. The van der Waals surface area contributed by atoms with E-state index in [0.717, 1.165) is 25.3 Å². The average molecular weight is 674 g/mol. The van der Waals surface area contributed by atoms with Gasteiger partial charge in [-0.2, -0.15) is 18.2 Å². The highest BCUT2D eigenvalue weighted by molar-refractivity contribution is 14.1. The predicted molar refractivity (Wildman–Crippen MR) is 148 cm³/mol. The summed E-state index contributed by atoms with van der Waals surface area (Å²) in [5.74, 6) is 1.73. The summed E-state index contributed by atoms with van der Waals surface area (Å²) >= 11 is 1.99. The zero-order chi connectivity index (χ0) is 27.6. The molecule has 9 nitrogen and oxygen atoms in total. The lowest BCUT2D eigenvalue weighted by Gasteiger charge is -2.56. The minimum Gasteiger partial charge on any atom is -0.368 e. The largest absolute Gasteiger partial charge is 0.417 e. The molecule has 0 spiro atoms. The highest BCUT2D eigenvalue weighted by Crippen LogP contribution is 2.56. The van der Waals surface area contributed by atoms with Crippen LogP contribution >= 0.6 is 22.6 Å². The maximum atomic E-state index is 14.2. The van der Waals surface area contributed by atoms with Gasteiger partial charge < -0.3 is 11.1 Å². The number of nitrogens with two attached hydrogens (primary N) is 1. The third-order valence-electron chi connectivity index (χ3n) is 8.12. The summed E-state index contributed by atoms with van der Waals surface area (Å²) in [4.78, 5) is 8.02. The SMILES string of the molecule is Nc1nc(Nc2cc(CI)c(-c3ccc(S(=O)(=O)NC45CC6CC(CC(C6)C4)C5)nc3)c(C(F)(F)F)c2)n[nH]1. The van der Waals surface area contributed by atoms with E-state index in [-0.39, 0.29) is 38.2 Å². The second-order valence-electron chi connectivity index (χ2n) is 11.0. The van der Waals surface area contributed by atoms with Crippen LogP contribution in [0.3, 0.4) is 0 Å². The van der Waals surface area contributed by atoms with E-state index in [0.29, 0.717) is 23.3 Å². The van der Waals surface area contributed by atoms with Gasteiger partial charge in [0, 0.05) is 27.4 Å². The zero-order valence-corrected chi connectivity index (χ0v) is 23.7. The van der Waals surface area contributed by atoms with Gasteiger partial charge in [0.15, 0.2) is 5.03 Å². The number of anilines is 3. The molecule has 4 fully saturated rings. The summed E-state index contributed by atoms with van der Waals surface area (Å²) in [7, 11) is -3.94. The van der Waals surface area contributed by atoms with Gasteiger partial charge in [0.1, 0.15) is 0 Å². The van der Waals surface area contributed by atoms with Gasteiger partial charge >= 0.3 is 6.18 Å². The van der Waals surface area contributed by atoms with Gasteiger partial charge in [0.25, 0.3) is 10.0 Å². The number of benzene rings is 1. The fourth-order valence-corrected chi connectivity index (χ4v) is 9.13. The number of nitrogen functional groups attached to an aromatic ring is 1. The molecule has 0 saturated heterocycles. The number of sulfonamides is 1. The van der Waals surface area contributed by atoms with Crippen LogP contribution in [0.25, 0.3) is 11.1 Å². The zero-order valence-electron chi connectivity index (χ0n) is 20.7. The van der Waals surface area contributed by atoms with Crippen molar-refractivity contribution in [3.8, 4) is 11.1 Å².